The number of halogens is 1. The minimum Gasteiger partial charge on any atom is -0.389 e. The number of nitrogens with zero attached hydrogens (tertiary/aromatic N) is 4. The number of hydrogen-bond donors (Lipinski definition) is 2. The molecule has 0 bridgehead atoms. The lowest BCUT2D eigenvalue weighted by Gasteiger charge is -2.24. The molecule has 0 saturated heterocycles. The van der Waals surface area contributed by atoms with Crippen LogP contribution in [0.1, 0.15) is 50.6 Å². The first kappa shape index (κ1) is 20.8. The molecule has 0 amide bonds. The highest BCUT2D eigenvalue weighted by Gasteiger charge is 2.16. The molecule has 1 aliphatic rings. The number of tetrazole rings is 1. The molecule has 8 heteroatoms. The highest BCUT2D eigenvalue weighted by Crippen LogP contribution is 2.20. The Morgan fingerprint density at radius 1 is 1.23 bits per heavy atom. The predicted octanol–water partition coefficient (Wildman–Crippen LogP) is 2.44. The molecular formula is C18H28ClN5O2. The summed E-state index contributed by atoms with van der Waals surface area (Å²) in [5, 5.41) is 24.6. The zero-order chi connectivity index (χ0) is 17.5. The van der Waals surface area contributed by atoms with E-state index in [2.05, 4.69) is 27.8 Å². The van der Waals surface area contributed by atoms with Crippen LogP contribution in [-0.4, -0.2) is 50.7 Å². The normalized spacial score (nSPS) is 17.5. The van der Waals surface area contributed by atoms with Crippen LogP contribution in [0, 0.1) is 0 Å². The van der Waals surface area contributed by atoms with E-state index < -0.39 is 6.10 Å². The van der Waals surface area contributed by atoms with Crippen molar-refractivity contribution in [3.63, 3.8) is 0 Å². The van der Waals surface area contributed by atoms with Gasteiger partial charge in [0, 0.05) is 12.6 Å². The lowest BCUT2D eigenvalue weighted by atomic mass is 9.98. The third kappa shape index (κ3) is 6.02. The van der Waals surface area contributed by atoms with E-state index in [9.17, 15) is 5.11 Å². The molecule has 2 aromatic rings. The molecule has 2 N–H and O–H groups in total. The fraction of sp³-hybridized carbons (Fsp3) is 0.611. The standard InChI is InChI=1S/C18H27N5O2.ClH/c1-14(15-7-9-16(10-8-15)23-13-20-21-22-23)19-11-17(24)12-25-18-5-3-2-4-6-18;/h7-10,13-14,17-19,24H,2-6,11-12H2,1H3;1H. The second kappa shape index (κ2) is 10.6. The summed E-state index contributed by atoms with van der Waals surface area (Å²) in [5.41, 5.74) is 2.07. The Morgan fingerprint density at radius 3 is 2.62 bits per heavy atom. The van der Waals surface area contributed by atoms with Gasteiger partial charge in [-0.25, -0.2) is 4.68 Å². The Hall–Kier alpha value is -1.54. The van der Waals surface area contributed by atoms with Crippen molar-refractivity contribution >= 4 is 12.4 Å². The molecular weight excluding hydrogens is 354 g/mol. The number of aromatic nitrogens is 4. The third-order valence-corrected chi connectivity index (χ3v) is 4.74. The van der Waals surface area contributed by atoms with E-state index in [1.807, 2.05) is 24.3 Å². The molecule has 1 heterocycles. The molecule has 1 aliphatic carbocycles. The first-order valence-electron chi connectivity index (χ1n) is 9.09. The molecule has 1 fully saturated rings. The number of aliphatic hydroxyl groups excluding tert-OH is 1. The molecule has 26 heavy (non-hydrogen) atoms. The van der Waals surface area contributed by atoms with Crippen molar-refractivity contribution in [2.45, 2.75) is 57.3 Å². The molecule has 1 saturated carbocycles. The summed E-state index contributed by atoms with van der Waals surface area (Å²) in [6.45, 7) is 3.01. The SMILES string of the molecule is CC(NCC(O)COC1CCCCC1)c1ccc(-n2cnnn2)cc1.Cl. The van der Waals surface area contributed by atoms with Gasteiger partial charge in [-0.3, -0.25) is 0 Å². The number of rotatable bonds is 8. The first-order chi connectivity index (χ1) is 12.2. The molecule has 1 aromatic carbocycles. The lowest BCUT2D eigenvalue weighted by Crippen LogP contribution is -2.33. The molecule has 2 unspecified atom stereocenters. The smallest absolute Gasteiger partial charge is 0.143 e. The van der Waals surface area contributed by atoms with E-state index in [0.29, 0.717) is 19.3 Å². The van der Waals surface area contributed by atoms with Gasteiger partial charge in [-0.15, -0.1) is 17.5 Å². The van der Waals surface area contributed by atoms with Crippen LogP contribution in [0.2, 0.25) is 0 Å². The van der Waals surface area contributed by atoms with Crippen molar-refractivity contribution in [2.75, 3.05) is 13.2 Å². The van der Waals surface area contributed by atoms with Gasteiger partial charge in [0.15, 0.2) is 0 Å². The first-order valence-corrected chi connectivity index (χ1v) is 9.09. The summed E-state index contributed by atoms with van der Waals surface area (Å²) in [6, 6.07) is 8.19. The van der Waals surface area contributed by atoms with Gasteiger partial charge in [0.2, 0.25) is 0 Å². The molecule has 7 nitrogen and oxygen atoms in total. The van der Waals surface area contributed by atoms with Gasteiger partial charge < -0.3 is 15.2 Å². The van der Waals surface area contributed by atoms with Gasteiger partial charge in [-0.2, -0.15) is 0 Å². The van der Waals surface area contributed by atoms with E-state index in [1.165, 1.54) is 19.3 Å². The van der Waals surface area contributed by atoms with Crippen LogP contribution in [0.3, 0.4) is 0 Å². The third-order valence-electron chi connectivity index (χ3n) is 4.74. The molecule has 0 aliphatic heterocycles. The van der Waals surface area contributed by atoms with Crippen LogP contribution < -0.4 is 5.32 Å². The maximum Gasteiger partial charge on any atom is 0.143 e. The fourth-order valence-corrected chi connectivity index (χ4v) is 3.16. The Kier molecular flexibility index (Phi) is 8.44. The molecule has 144 valence electrons. The second-order valence-electron chi connectivity index (χ2n) is 6.72. The Labute approximate surface area is 160 Å². The summed E-state index contributed by atoms with van der Waals surface area (Å²) in [7, 11) is 0. The maximum absolute atomic E-state index is 10.1. The lowest BCUT2D eigenvalue weighted by molar-refractivity contribution is -0.0235. The number of nitrogens with one attached hydrogen (secondary N) is 1. The average molecular weight is 382 g/mol. The summed E-state index contributed by atoms with van der Waals surface area (Å²) in [6.07, 6.45) is 7.49. The van der Waals surface area contributed by atoms with Crippen molar-refractivity contribution < 1.29 is 9.84 Å². The van der Waals surface area contributed by atoms with Crippen LogP contribution in [-0.2, 0) is 4.74 Å². The minimum atomic E-state index is -0.482. The van der Waals surface area contributed by atoms with Gasteiger partial charge in [-0.1, -0.05) is 31.4 Å². The predicted molar refractivity (Wildman–Crippen MR) is 102 cm³/mol. The zero-order valence-electron chi connectivity index (χ0n) is 15.1. The number of aliphatic hydroxyl groups is 1. The van der Waals surface area contributed by atoms with Gasteiger partial charge >= 0.3 is 0 Å². The minimum absolute atomic E-state index is 0. The summed E-state index contributed by atoms with van der Waals surface area (Å²) in [5.74, 6) is 0. The summed E-state index contributed by atoms with van der Waals surface area (Å²) >= 11 is 0. The van der Waals surface area contributed by atoms with E-state index >= 15 is 0 Å². The van der Waals surface area contributed by atoms with Crippen LogP contribution in [0.5, 0.6) is 0 Å². The van der Waals surface area contributed by atoms with Crippen LogP contribution >= 0.6 is 12.4 Å². The van der Waals surface area contributed by atoms with E-state index in [1.54, 1.807) is 11.0 Å². The quantitative estimate of drug-likeness (QED) is 0.730. The summed E-state index contributed by atoms with van der Waals surface area (Å²) < 4.78 is 7.45. The largest absolute Gasteiger partial charge is 0.389 e. The molecule has 0 spiro atoms. The average Bonchev–Trinajstić information content (AvgIpc) is 3.20. The summed E-state index contributed by atoms with van der Waals surface area (Å²) in [4.78, 5) is 0. The number of benzene rings is 1. The maximum atomic E-state index is 10.1. The van der Waals surface area contributed by atoms with E-state index in [-0.39, 0.29) is 18.4 Å². The van der Waals surface area contributed by atoms with Crippen molar-refractivity contribution in [2.24, 2.45) is 0 Å². The van der Waals surface area contributed by atoms with Crippen molar-refractivity contribution in [3.05, 3.63) is 36.2 Å². The Morgan fingerprint density at radius 2 is 1.96 bits per heavy atom. The molecule has 2 atom stereocenters. The molecule has 3 rings (SSSR count). The highest BCUT2D eigenvalue weighted by molar-refractivity contribution is 5.85. The van der Waals surface area contributed by atoms with E-state index in [4.69, 9.17) is 4.74 Å². The van der Waals surface area contributed by atoms with Crippen molar-refractivity contribution in [1.82, 2.24) is 25.5 Å². The fourth-order valence-electron chi connectivity index (χ4n) is 3.16. The van der Waals surface area contributed by atoms with Gasteiger partial charge in [0.05, 0.1) is 24.5 Å². The molecule has 1 aromatic heterocycles. The van der Waals surface area contributed by atoms with Crippen LogP contribution in [0.25, 0.3) is 5.69 Å². The van der Waals surface area contributed by atoms with Gasteiger partial charge in [0.25, 0.3) is 0 Å². The van der Waals surface area contributed by atoms with Crippen molar-refractivity contribution in [3.8, 4) is 5.69 Å². The zero-order valence-corrected chi connectivity index (χ0v) is 15.9. The number of hydrogen-bond acceptors (Lipinski definition) is 6. The Bertz CT molecular complexity index is 617. The second-order valence-corrected chi connectivity index (χ2v) is 6.72. The van der Waals surface area contributed by atoms with Crippen molar-refractivity contribution in [1.29, 1.82) is 0 Å². The Balaban J connectivity index is 0.00000243. The van der Waals surface area contributed by atoms with Crippen LogP contribution in [0.15, 0.2) is 30.6 Å². The molecule has 0 radical (unpaired) electrons. The van der Waals surface area contributed by atoms with Crippen LogP contribution in [0.4, 0.5) is 0 Å². The number of ether oxygens (including phenoxy) is 1. The topological polar surface area (TPSA) is 85.1 Å². The van der Waals surface area contributed by atoms with E-state index in [0.717, 1.165) is 24.1 Å². The van der Waals surface area contributed by atoms with Gasteiger partial charge in [0.1, 0.15) is 6.33 Å². The van der Waals surface area contributed by atoms with Gasteiger partial charge in [-0.05, 0) is 47.9 Å². The highest BCUT2D eigenvalue weighted by atomic mass is 35.5. The monoisotopic (exact) mass is 381 g/mol.